The first-order valence-electron chi connectivity index (χ1n) is 6.11. The van der Waals surface area contributed by atoms with Gasteiger partial charge in [0.2, 0.25) is 5.91 Å². The average Bonchev–Trinajstić information content (AvgIpc) is 2.38. The molecular weight excluding hydrogens is 230 g/mol. The molecule has 1 amide bonds. The van der Waals surface area contributed by atoms with Crippen LogP contribution in [0.15, 0.2) is 30.3 Å². The molecule has 0 heterocycles. The van der Waals surface area contributed by atoms with Crippen molar-refractivity contribution in [1.82, 2.24) is 5.32 Å². The molecular formula is C14H19NO3. The third-order valence-electron chi connectivity index (χ3n) is 2.93. The summed E-state index contributed by atoms with van der Waals surface area (Å²) in [5.74, 6) is -1.80. The van der Waals surface area contributed by atoms with Crippen molar-refractivity contribution in [3.05, 3.63) is 35.9 Å². The molecule has 0 saturated carbocycles. The van der Waals surface area contributed by atoms with E-state index in [1.807, 2.05) is 37.3 Å². The molecule has 0 aliphatic rings. The molecule has 2 N–H and O–H groups in total. The number of carbonyl (C=O) groups excluding carboxylic acids is 1. The van der Waals surface area contributed by atoms with E-state index < -0.39 is 11.9 Å². The molecule has 98 valence electrons. The summed E-state index contributed by atoms with van der Waals surface area (Å²) in [7, 11) is 0. The monoisotopic (exact) mass is 249 g/mol. The van der Waals surface area contributed by atoms with Gasteiger partial charge in [-0.3, -0.25) is 9.59 Å². The number of carboxylic acids is 1. The predicted molar refractivity (Wildman–Crippen MR) is 69.3 cm³/mol. The largest absolute Gasteiger partial charge is 0.481 e. The van der Waals surface area contributed by atoms with Gasteiger partial charge in [-0.25, -0.2) is 0 Å². The Bertz CT molecular complexity index is 403. The molecule has 1 rings (SSSR count). The standard InChI is InChI=1S/C14H19NO3/c1-3-12(11-7-5-4-6-8-11)13(16)15-9-10(2)14(17)18/h4-8,10,12H,3,9H2,1-2H3,(H,15,16)(H,17,18). The van der Waals surface area contributed by atoms with Crippen molar-refractivity contribution in [2.24, 2.45) is 5.92 Å². The van der Waals surface area contributed by atoms with Crippen molar-refractivity contribution < 1.29 is 14.7 Å². The first-order chi connectivity index (χ1) is 8.56. The summed E-state index contributed by atoms with van der Waals surface area (Å²) in [4.78, 5) is 22.7. The van der Waals surface area contributed by atoms with Gasteiger partial charge in [-0.15, -0.1) is 0 Å². The van der Waals surface area contributed by atoms with E-state index in [0.717, 1.165) is 5.56 Å². The second kappa shape index (κ2) is 6.79. The lowest BCUT2D eigenvalue weighted by atomic mass is 9.95. The first-order valence-corrected chi connectivity index (χ1v) is 6.11. The number of hydrogen-bond donors (Lipinski definition) is 2. The Morgan fingerprint density at radius 3 is 2.39 bits per heavy atom. The van der Waals surface area contributed by atoms with Crippen LogP contribution in [0.2, 0.25) is 0 Å². The SMILES string of the molecule is CCC(C(=O)NCC(C)C(=O)O)c1ccccc1. The summed E-state index contributed by atoms with van der Waals surface area (Å²) < 4.78 is 0. The number of nitrogens with one attached hydrogen (secondary N) is 1. The minimum atomic E-state index is -0.900. The van der Waals surface area contributed by atoms with Crippen molar-refractivity contribution in [2.75, 3.05) is 6.54 Å². The van der Waals surface area contributed by atoms with Gasteiger partial charge in [-0.1, -0.05) is 44.2 Å². The number of hydrogen-bond acceptors (Lipinski definition) is 2. The van der Waals surface area contributed by atoms with Gasteiger partial charge >= 0.3 is 5.97 Å². The molecule has 0 aliphatic heterocycles. The van der Waals surface area contributed by atoms with E-state index in [9.17, 15) is 9.59 Å². The van der Waals surface area contributed by atoms with Gasteiger partial charge < -0.3 is 10.4 Å². The summed E-state index contributed by atoms with van der Waals surface area (Å²) in [6.45, 7) is 3.68. The van der Waals surface area contributed by atoms with Crippen LogP contribution in [0.25, 0.3) is 0 Å². The van der Waals surface area contributed by atoms with Crippen LogP contribution in [0.1, 0.15) is 31.7 Å². The molecule has 1 aromatic carbocycles. The number of rotatable bonds is 6. The maximum absolute atomic E-state index is 12.0. The smallest absolute Gasteiger partial charge is 0.308 e. The van der Waals surface area contributed by atoms with E-state index in [1.165, 1.54) is 0 Å². The molecule has 0 radical (unpaired) electrons. The van der Waals surface area contributed by atoms with Crippen molar-refractivity contribution in [1.29, 1.82) is 0 Å². The maximum atomic E-state index is 12.0. The average molecular weight is 249 g/mol. The lowest BCUT2D eigenvalue weighted by Crippen LogP contribution is -2.34. The quantitative estimate of drug-likeness (QED) is 0.810. The first kappa shape index (κ1) is 14.2. The van der Waals surface area contributed by atoms with E-state index >= 15 is 0 Å². The summed E-state index contributed by atoms with van der Waals surface area (Å²) in [5.41, 5.74) is 0.959. The second-order valence-corrected chi connectivity index (χ2v) is 4.36. The third kappa shape index (κ3) is 3.87. The highest BCUT2D eigenvalue weighted by Crippen LogP contribution is 2.19. The Kier molecular flexibility index (Phi) is 5.36. The highest BCUT2D eigenvalue weighted by molar-refractivity contribution is 5.84. The number of carboxylic acid groups (broad SMARTS) is 1. The van der Waals surface area contributed by atoms with E-state index in [4.69, 9.17) is 5.11 Å². The van der Waals surface area contributed by atoms with Gasteiger partial charge in [-0.2, -0.15) is 0 Å². The van der Waals surface area contributed by atoms with E-state index in [-0.39, 0.29) is 18.4 Å². The number of amides is 1. The predicted octanol–water partition coefficient (Wildman–Crippen LogP) is 2.02. The summed E-state index contributed by atoms with van der Waals surface area (Å²) in [5, 5.41) is 11.4. The fourth-order valence-electron chi connectivity index (χ4n) is 1.72. The topological polar surface area (TPSA) is 66.4 Å². The molecule has 4 heteroatoms. The van der Waals surface area contributed by atoms with Crippen LogP contribution in [0.3, 0.4) is 0 Å². The fourth-order valence-corrected chi connectivity index (χ4v) is 1.72. The summed E-state index contributed by atoms with van der Waals surface area (Å²) >= 11 is 0. The maximum Gasteiger partial charge on any atom is 0.308 e. The van der Waals surface area contributed by atoms with E-state index in [0.29, 0.717) is 6.42 Å². The van der Waals surface area contributed by atoms with Gasteiger partial charge in [0.15, 0.2) is 0 Å². The molecule has 0 bridgehead atoms. The highest BCUT2D eigenvalue weighted by Gasteiger charge is 2.19. The van der Waals surface area contributed by atoms with Crippen LogP contribution < -0.4 is 5.32 Å². The normalized spacial score (nSPS) is 13.7. The molecule has 0 fully saturated rings. The molecule has 1 aromatic rings. The molecule has 0 saturated heterocycles. The summed E-state index contributed by atoms with van der Waals surface area (Å²) in [6, 6.07) is 9.51. The molecule has 4 nitrogen and oxygen atoms in total. The highest BCUT2D eigenvalue weighted by atomic mass is 16.4. The van der Waals surface area contributed by atoms with Gasteiger partial charge in [-0.05, 0) is 12.0 Å². The van der Waals surface area contributed by atoms with Crippen LogP contribution in [-0.4, -0.2) is 23.5 Å². The Morgan fingerprint density at radius 1 is 1.28 bits per heavy atom. The lowest BCUT2D eigenvalue weighted by molar-refractivity contribution is -0.141. The summed E-state index contributed by atoms with van der Waals surface area (Å²) in [6.07, 6.45) is 0.692. The van der Waals surface area contributed by atoms with Crippen LogP contribution in [0, 0.1) is 5.92 Å². The minimum absolute atomic E-state index is 0.114. The van der Waals surface area contributed by atoms with Crippen LogP contribution >= 0.6 is 0 Å². The van der Waals surface area contributed by atoms with Crippen LogP contribution in [0.5, 0.6) is 0 Å². The molecule has 18 heavy (non-hydrogen) atoms. The lowest BCUT2D eigenvalue weighted by Gasteiger charge is -2.16. The molecule has 0 aliphatic carbocycles. The van der Waals surface area contributed by atoms with Crippen molar-refractivity contribution in [2.45, 2.75) is 26.2 Å². The number of benzene rings is 1. The zero-order valence-electron chi connectivity index (χ0n) is 10.7. The Hall–Kier alpha value is -1.84. The number of carbonyl (C=O) groups is 2. The van der Waals surface area contributed by atoms with Crippen molar-refractivity contribution in [3.8, 4) is 0 Å². The van der Waals surface area contributed by atoms with E-state index in [2.05, 4.69) is 5.32 Å². The Labute approximate surface area is 107 Å². The van der Waals surface area contributed by atoms with Crippen molar-refractivity contribution >= 4 is 11.9 Å². The Balaban J connectivity index is 2.61. The van der Waals surface area contributed by atoms with Crippen LogP contribution in [0.4, 0.5) is 0 Å². The van der Waals surface area contributed by atoms with Gasteiger partial charge in [0.25, 0.3) is 0 Å². The van der Waals surface area contributed by atoms with E-state index in [1.54, 1.807) is 6.92 Å². The number of aliphatic carboxylic acids is 1. The van der Waals surface area contributed by atoms with Crippen LogP contribution in [-0.2, 0) is 9.59 Å². The van der Waals surface area contributed by atoms with Gasteiger partial charge in [0.05, 0.1) is 11.8 Å². The second-order valence-electron chi connectivity index (χ2n) is 4.36. The van der Waals surface area contributed by atoms with Gasteiger partial charge in [0.1, 0.15) is 0 Å². The Morgan fingerprint density at radius 2 is 1.89 bits per heavy atom. The molecule has 0 spiro atoms. The molecule has 0 aromatic heterocycles. The molecule has 2 atom stereocenters. The fraction of sp³-hybridized carbons (Fsp3) is 0.429. The third-order valence-corrected chi connectivity index (χ3v) is 2.93. The van der Waals surface area contributed by atoms with Crippen molar-refractivity contribution in [3.63, 3.8) is 0 Å². The zero-order valence-corrected chi connectivity index (χ0v) is 10.7. The minimum Gasteiger partial charge on any atom is -0.481 e. The van der Waals surface area contributed by atoms with Gasteiger partial charge in [0, 0.05) is 6.54 Å². The zero-order chi connectivity index (χ0) is 13.5. The molecule has 2 unspecified atom stereocenters.